The van der Waals surface area contributed by atoms with Gasteiger partial charge in [-0.2, -0.15) is 0 Å². The van der Waals surface area contributed by atoms with Crippen molar-refractivity contribution in [2.45, 2.75) is 65.3 Å². The molecule has 0 spiro atoms. The molecule has 0 aliphatic carbocycles. The zero-order valence-electron chi connectivity index (χ0n) is 26.1. The third-order valence-corrected chi connectivity index (χ3v) is 8.59. The fourth-order valence-corrected chi connectivity index (χ4v) is 6.44. The van der Waals surface area contributed by atoms with Gasteiger partial charge in [0.1, 0.15) is 11.6 Å². The summed E-state index contributed by atoms with van der Waals surface area (Å²) in [7, 11) is 0. The molecule has 0 radical (unpaired) electrons. The second kappa shape index (κ2) is 11.7. The van der Waals surface area contributed by atoms with Crippen LogP contribution in [-0.4, -0.2) is 22.2 Å². The van der Waals surface area contributed by atoms with Crippen molar-refractivity contribution in [3.8, 4) is 5.75 Å². The smallest absolute Gasteiger partial charge is 0.338 e. The Bertz CT molecular complexity index is 1910. The molecule has 3 aromatic carbocycles. The van der Waals surface area contributed by atoms with Crippen molar-refractivity contribution in [2.75, 3.05) is 6.61 Å². The SMILES string of the molecule is CCOC(=O)C1=C(c2ccccc2)N=c2s/c(=C/c3cc(C(C)(C)C)c(O)c(C(C)(C)C)c3)c(=O)n2[C@@H]1c1ccc(F)cc1. The quantitative estimate of drug-likeness (QED) is 0.266. The van der Waals surface area contributed by atoms with Crippen LogP contribution < -0.4 is 14.9 Å². The Balaban J connectivity index is 1.83. The molecular formula is C36H37FN2O4S. The third kappa shape index (κ3) is 5.91. The third-order valence-electron chi connectivity index (χ3n) is 7.61. The van der Waals surface area contributed by atoms with Crippen LogP contribution in [0.5, 0.6) is 5.75 Å². The second-order valence-corrected chi connectivity index (χ2v) is 14.0. The van der Waals surface area contributed by atoms with Crippen LogP contribution in [0.3, 0.4) is 0 Å². The van der Waals surface area contributed by atoms with E-state index in [1.807, 2.05) is 90.1 Å². The Kier molecular flexibility index (Phi) is 8.25. The summed E-state index contributed by atoms with van der Waals surface area (Å²) < 4.78 is 21.4. The number of nitrogens with zero attached hydrogens (tertiary/aromatic N) is 2. The Morgan fingerprint density at radius 2 is 1.59 bits per heavy atom. The highest BCUT2D eigenvalue weighted by Crippen LogP contribution is 2.40. The second-order valence-electron chi connectivity index (χ2n) is 12.9. The summed E-state index contributed by atoms with van der Waals surface area (Å²) in [5.41, 5.74) is 3.18. The highest BCUT2D eigenvalue weighted by atomic mass is 32.1. The van der Waals surface area contributed by atoms with E-state index >= 15 is 0 Å². The fraction of sp³-hybridized carbons (Fsp3) is 0.306. The number of hydrogen-bond donors (Lipinski definition) is 1. The van der Waals surface area contributed by atoms with Gasteiger partial charge in [0.05, 0.1) is 28.5 Å². The summed E-state index contributed by atoms with van der Waals surface area (Å²) in [6, 6.07) is 18.0. The lowest BCUT2D eigenvalue weighted by Gasteiger charge is -2.27. The van der Waals surface area contributed by atoms with Crippen LogP contribution in [0.2, 0.25) is 0 Å². The number of halogens is 1. The number of aromatic nitrogens is 1. The molecule has 0 unspecified atom stereocenters. The Morgan fingerprint density at radius 3 is 2.14 bits per heavy atom. The highest BCUT2D eigenvalue weighted by Gasteiger charge is 2.35. The van der Waals surface area contributed by atoms with Crippen LogP contribution in [0.1, 0.15) is 82.3 Å². The van der Waals surface area contributed by atoms with E-state index in [1.54, 1.807) is 19.1 Å². The molecule has 1 N–H and O–H groups in total. The van der Waals surface area contributed by atoms with Crippen molar-refractivity contribution in [1.29, 1.82) is 0 Å². The lowest BCUT2D eigenvalue weighted by atomic mass is 9.78. The molecule has 6 nitrogen and oxygen atoms in total. The number of esters is 1. The van der Waals surface area contributed by atoms with Crippen molar-refractivity contribution in [3.63, 3.8) is 0 Å². The van der Waals surface area contributed by atoms with Gasteiger partial charge >= 0.3 is 5.97 Å². The van der Waals surface area contributed by atoms with Crippen molar-refractivity contribution in [2.24, 2.45) is 4.99 Å². The van der Waals surface area contributed by atoms with Gasteiger partial charge in [0.25, 0.3) is 5.56 Å². The van der Waals surface area contributed by atoms with Crippen LogP contribution in [0.15, 0.2) is 82.1 Å². The van der Waals surface area contributed by atoms with E-state index in [0.717, 1.165) is 16.7 Å². The van der Waals surface area contributed by atoms with Crippen molar-refractivity contribution < 1.29 is 19.0 Å². The predicted octanol–water partition coefficient (Wildman–Crippen LogP) is 6.38. The monoisotopic (exact) mass is 612 g/mol. The lowest BCUT2D eigenvalue weighted by Crippen LogP contribution is -2.40. The van der Waals surface area contributed by atoms with Crippen molar-refractivity contribution in [1.82, 2.24) is 4.57 Å². The largest absolute Gasteiger partial charge is 0.507 e. The van der Waals surface area contributed by atoms with Crippen molar-refractivity contribution in [3.05, 3.63) is 126 Å². The molecule has 2 heterocycles. The number of ether oxygens (including phenoxy) is 1. The molecule has 0 fully saturated rings. The van der Waals surface area contributed by atoms with Gasteiger partial charge in [0.2, 0.25) is 0 Å². The fourth-order valence-electron chi connectivity index (χ4n) is 5.44. The van der Waals surface area contributed by atoms with Crippen LogP contribution in [0, 0.1) is 5.82 Å². The topological polar surface area (TPSA) is 80.9 Å². The molecule has 4 aromatic rings. The van der Waals surface area contributed by atoms with Gasteiger partial charge in [-0.15, -0.1) is 0 Å². The standard InChI is InChI=1S/C36H37FN2O4S/c1-8-43-33(42)28-29(22-12-10-9-11-13-22)38-34-39(30(28)23-14-16-24(37)17-15-23)32(41)27(44-34)20-21-18-25(35(2,3)4)31(40)26(19-21)36(5,6)7/h9-20,30,40H,8H2,1-7H3/b27-20+/t30-/m1/s1. The summed E-state index contributed by atoms with van der Waals surface area (Å²) in [6.45, 7) is 14.1. The first-order valence-electron chi connectivity index (χ1n) is 14.6. The molecular weight excluding hydrogens is 575 g/mol. The number of rotatable bonds is 5. The minimum absolute atomic E-state index is 0.137. The lowest BCUT2D eigenvalue weighted by molar-refractivity contribution is -0.138. The number of carbonyl (C=O) groups excluding carboxylic acids is 1. The molecule has 0 saturated carbocycles. The van der Waals surface area contributed by atoms with E-state index < -0.39 is 17.8 Å². The molecule has 5 rings (SSSR count). The molecule has 44 heavy (non-hydrogen) atoms. The number of phenols is 1. The van der Waals surface area contributed by atoms with Gasteiger partial charge in [-0.1, -0.05) is 95.3 Å². The number of thiazole rings is 1. The zero-order valence-corrected chi connectivity index (χ0v) is 26.9. The van der Waals surface area contributed by atoms with E-state index in [2.05, 4.69) is 0 Å². The highest BCUT2D eigenvalue weighted by molar-refractivity contribution is 7.07. The number of benzene rings is 3. The molecule has 1 aliphatic rings. The molecule has 228 valence electrons. The van der Waals surface area contributed by atoms with Crippen LogP contribution >= 0.6 is 11.3 Å². The first kappa shape index (κ1) is 31.1. The predicted molar refractivity (Wildman–Crippen MR) is 173 cm³/mol. The van der Waals surface area contributed by atoms with E-state index in [1.165, 1.54) is 28.0 Å². The van der Waals surface area contributed by atoms with Gasteiger partial charge in [-0.3, -0.25) is 9.36 Å². The maximum Gasteiger partial charge on any atom is 0.338 e. The normalized spacial score (nSPS) is 15.6. The summed E-state index contributed by atoms with van der Waals surface area (Å²) >= 11 is 1.22. The number of phenolic OH excluding ortho intramolecular Hbond substituents is 1. The number of fused-ring (bicyclic) bond motifs is 1. The van der Waals surface area contributed by atoms with Crippen LogP contribution in [0.25, 0.3) is 11.8 Å². The molecule has 1 aromatic heterocycles. The van der Waals surface area contributed by atoms with E-state index in [9.17, 15) is 19.1 Å². The molecule has 1 atom stereocenters. The first-order valence-corrected chi connectivity index (χ1v) is 15.4. The maximum atomic E-state index is 14.3. The summed E-state index contributed by atoms with van der Waals surface area (Å²) in [5, 5.41) is 11.2. The van der Waals surface area contributed by atoms with Crippen LogP contribution in [-0.2, 0) is 20.4 Å². The van der Waals surface area contributed by atoms with E-state index in [0.29, 0.717) is 26.2 Å². The Hall–Kier alpha value is -4.30. The maximum absolute atomic E-state index is 14.3. The summed E-state index contributed by atoms with van der Waals surface area (Å²) in [6.07, 6.45) is 1.81. The van der Waals surface area contributed by atoms with Crippen LogP contribution in [0.4, 0.5) is 4.39 Å². The summed E-state index contributed by atoms with van der Waals surface area (Å²) in [4.78, 5) is 33.1. The average molecular weight is 613 g/mol. The minimum Gasteiger partial charge on any atom is -0.507 e. The molecule has 1 aliphatic heterocycles. The van der Waals surface area contributed by atoms with E-state index in [-0.39, 0.29) is 34.3 Å². The number of carbonyl (C=O) groups is 1. The van der Waals surface area contributed by atoms with Gasteiger partial charge in [-0.25, -0.2) is 14.2 Å². The number of aromatic hydroxyl groups is 1. The average Bonchev–Trinajstić information content (AvgIpc) is 3.27. The molecule has 0 bridgehead atoms. The Labute approximate surface area is 260 Å². The van der Waals surface area contributed by atoms with E-state index in [4.69, 9.17) is 9.73 Å². The van der Waals surface area contributed by atoms with Crippen molar-refractivity contribution >= 4 is 29.1 Å². The molecule has 0 saturated heterocycles. The molecule has 8 heteroatoms. The van der Waals surface area contributed by atoms with Gasteiger partial charge in [0.15, 0.2) is 4.80 Å². The number of hydrogen-bond acceptors (Lipinski definition) is 6. The van der Waals surface area contributed by atoms with Gasteiger partial charge in [-0.05, 0) is 59.2 Å². The van der Waals surface area contributed by atoms with Gasteiger partial charge in [0, 0.05) is 16.7 Å². The first-order chi connectivity index (χ1) is 20.7. The zero-order chi connectivity index (χ0) is 32.0. The Morgan fingerprint density at radius 1 is 1.00 bits per heavy atom. The summed E-state index contributed by atoms with van der Waals surface area (Å²) in [5.74, 6) is -0.767. The van der Waals surface area contributed by atoms with Gasteiger partial charge < -0.3 is 9.84 Å². The molecule has 0 amide bonds. The minimum atomic E-state index is -0.890.